The number of halogens is 1. The van der Waals surface area contributed by atoms with Crippen molar-refractivity contribution in [3.8, 4) is 0 Å². The van der Waals surface area contributed by atoms with Gasteiger partial charge in [0.15, 0.2) is 0 Å². The molecule has 6 nitrogen and oxygen atoms in total. The van der Waals surface area contributed by atoms with Crippen LogP contribution in [0.4, 0.5) is 14.9 Å². The van der Waals surface area contributed by atoms with Crippen molar-refractivity contribution in [1.29, 1.82) is 0 Å². The first-order valence-corrected chi connectivity index (χ1v) is 7.20. The van der Waals surface area contributed by atoms with E-state index in [1.54, 1.807) is 24.3 Å². The van der Waals surface area contributed by atoms with E-state index >= 15 is 0 Å². The highest BCUT2D eigenvalue weighted by molar-refractivity contribution is 6.05. The van der Waals surface area contributed by atoms with E-state index in [0.29, 0.717) is 16.8 Å². The van der Waals surface area contributed by atoms with Crippen LogP contribution in [0.25, 0.3) is 0 Å². The first-order chi connectivity index (χ1) is 11.5. The van der Waals surface area contributed by atoms with E-state index < -0.39 is 23.8 Å². The molecule has 2 aromatic carbocycles. The van der Waals surface area contributed by atoms with Crippen LogP contribution in [0.5, 0.6) is 0 Å². The SMILES string of the molecule is CN1C(=O)NC(c2cccc(NC(=O)c3ccc(F)cc3)c2)C1=O. The van der Waals surface area contributed by atoms with Crippen LogP contribution in [-0.4, -0.2) is 29.8 Å². The molecule has 0 aromatic heterocycles. The largest absolute Gasteiger partial charge is 0.324 e. The van der Waals surface area contributed by atoms with Gasteiger partial charge >= 0.3 is 6.03 Å². The number of nitrogens with one attached hydrogen (secondary N) is 2. The Bertz CT molecular complexity index is 820. The summed E-state index contributed by atoms with van der Waals surface area (Å²) in [5, 5.41) is 5.25. The summed E-state index contributed by atoms with van der Waals surface area (Å²) < 4.78 is 12.9. The summed E-state index contributed by atoms with van der Waals surface area (Å²) in [6.07, 6.45) is 0. The van der Waals surface area contributed by atoms with Gasteiger partial charge in [-0.05, 0) is 42.0 Å². The smallest absolute Gasteiger partial charge is 0.322 e. The quantitative estimate of drug-likeness (QED) is 0.849. The summed E-state index contributed by atoms with van der Waals surface area (Å²) in [5.41, 5.74) is 1.35. The molecule has 2 aromatic rings. The summed E-state index contributed by atoms with van der Waals surface area (Å²) >= 11 is 0. The monoisotopic (exact) mass is 327 g/mol. The van der Waals surface area contributed by atoms with Gasteiger partial charge in [-0.2, -0.15) is 0 Å². The number of hydrogen-bond acceptors (Lipinski definition) is 3. The predicted octanol–water partition coefficient (Wildman–Crippen LogP) is 2.30. The molecule has 0 spiro atoms. The third kappa shape index (κ3) is 2.96. The van der Waals surface area contributed by atoms with Crippen LogP contribution in [0.2, 0.25) is 0 Å². The van der Waals surface area contributed by atoms with Crippen molar-refractivity contribution >= 4 is 23.5 Å². The Kier molecular flexibility index (Phi) is 3.99. The number of carbonyl (C=O) groups excluding carboxylic acids is 3. The fraction of sp³-hybridized carbons (Fsp3) is 0.118. The highest BCUT2D eigenvalue weighted by Crippen LogP contribution is 2.23. The highest BCUT2D eigenvalue weighted by atomic mass is 19.1. The molecule has 1 saturated heterocycles. The zero-order valence-corrected chi connectivity index (χ0v) is 12.7. The van der Waals surface area contributed by atoms with Gasteiger partial charge in [0.25, 0.3) is 11.8 Å². The fourth-order valence-electron chi connectivity index (χ4n) is 2.40. The van der Waals surface area contributed by atoms with Crippen molar-refractivity contribution in [1.82, 2.24) is 10.2 Å². The third-order valence-corrected chi connectivity index (χ3v) is 3.73. The molecule has 122 valence electrons. The number of hydrogen-bond donors (Lipinski definition) is 2. The van der Waals surface area contributed by atoms with Gasteiger partial charge in [-0.15, -0.1) is 0 Å². The molecule has 1 unspecified atom stereocenters. The van der Waals surface area contributed by atoms with Gasteiger partial charge in [-0.3, -0.25) is 14.5 Å². The van der Waals surface area contributed by atoms with Gasteiger partial charge in [-0.1, -0.05) is 12.1 Å². The van der Waals surface area contributed by atoms with Crippen LogP contribution in [0.3, 0.4) is 0 Å². The molecule has 0 bridgehead atoms. The van der Waals surface area contributed by atoms with Crippen molar-refractivity contribution in [2.24, 2.45) is 0 Å². The number of rotatable bonds is 3. The first-order valence-electron chi connectivity index (χ1n) is 7.20. The molecule has 3 rings (SSSR count). The first kappa shape index (κ1) is 15.7. The lowest BCUT2D eigenvalue weighted by molar-refractivity contribution is -0.126. The Labute approximate surface area is 137 Å². The van der Waals surface area contributed by atoms with Gasteiger partial charge in [0.2, 0.25) is 0 Å². The number of nitrogens with zero attached hydrogens (tertiary/aromatic N) is 1. The molecule has 7 heteroatoms. The maximum absolute atomic E-state index is 12.9. The molecule has 4 amide bonds. The molecular weight excluding hydrogens is 313 g/mol. The van der Waals surface area contributed by atoms with Crippen molar-refractivity contribution in [3.05, 3.63) is 65.5 Å². The lowest BCUT2D eigenvalue weighted by Gasteiger charge is -2.11. The van der Waals surface area contributed by atoms with Crippen LogP contribution in [0.15, 0.2) is 48.5 Å². The summed E-state index contributed by atoms with van der Waals surface area (Å²) in [5.74, 6) is -1.18. The lowest BCUT2D eigenvalue weighted by atomic mass is 10.1. The lowest BCUT2D eigenvalue weighted by Crippen LogP contribution is -2.25. The van der Waals surface area contributed by atoms with Crippen LogP contribution in [0.1, 0.15) is 22.0 Å². The maximum atomic E-state index is 12.9. The predicted molar refractivity (Wildman–Crippen MR) is 84.8 cm³/mol. The standard InChI is InChI=1S/C17H14FN3O3/c1-21-16(23)14(20-17(21)24)11-3-2-4-13(9-11)19-15(22)10-5-7-12(18)8-6-10/h2-9,14H,1H3,(H,19,22)(H,20,24). The molecule has 24 heavy (non-hydrogen) atoms. The molecule has 2 N–H and O–H groups in total. The molecule has 1 aliphatic heterocycles. The van der Waals surface area contributed by atoms with Gasteiger partial charge in [0, 0.05) is 18.3 Å². The normalized spacial score (nSPS) is 16.9. The number of imide groups is 1. The molecule has 0 radical (unpaired) electrons. The zero-order chi connectivity index (χ0) is 17.3. The van der Waals surface area contributed by atoms with Crippen LogP contribution < -0.4 is 10.6 Å². The summed E-state index contributed by atoms with van der Waals surface area (Å²) in [6, 6.07) is 10.6. The van der Waals surface area contributed by atoms with E-state index in [4.69, 9.17) is 0 Å². The zero-order valence-electron chi connectivity index (χ0n) is 12.7. The Balaban J connectivity index is 1.78. The molecule has 0 saturated carbocycles. The second-order valence-electron chi connectivity index (χ2n) is 5.37. The number of urea groups is 1. The minimum absolute atomic E-state index is 0.312. The van der Waals surface area contributed by atoms with Crippen LogP contribution in [0, 0.1) is 5.82 Å². The number of carbonyl (C=O) groups is 3. The Morgan fingerprint density at radius 3 is 2.50 bits per heavy atom. The summed E-state index contributed by atoms with van der Waals surface area (Å²) in [4.78, 5) is 36.7. The van der Waals surface area contributed by atoms with E-state index in [1.165, 1.54) is 31.3 Å². The van der Waals surface area contributed by atoms with E-state index in [1.807, 2.05) is 0 Å². The Hall–Kier alpha value is -3.22. The van der Waals surface area contributed by atoms with Gasteiger partial charge in [0.05, 0.1) is 0 Å². The maximum Gasteiger partial charge on any atom is 0.324 e. The van der Waals surface area contributed by atoms with Crippen molar-refractivity contribution in [3.63, 3.8) is 0 Å². The van der Waals surface area contributed by atoms with E-state index in [9.17, 15) is 18.8 Å². The number of anilines is 1. The van der Waals surface area contributed by atoms with Crippen molar-refractivity contribution < 1.29 is 18.8 Å². The number of amides is 4. The van der Waals surface area contributed by atoms with Gasteiger partial charge in [-0.25, -0.2) is 9.18 Å². The summed E-state index contributed by atoms with van der Waals surface area (Å²) in [6.45, 7) is 0. The molecular formula is C17H14FN3O3. The third-order valence-electron chi connectivity index (χ3n) is 3.73. The number of likely N-dealkylation sites (N-methyl/N-ethyl adjacent to an activating group) is 1. The molecule has 1 atom stereocenters. The van der Waals surface area contributed by atoms with E-state index in [2.05, 4.69) is 10.6 Å². The highest BCUT2D eigenvalue weighted by Gasteiger charge is 2.36. The average Bonchev–Trinajstić information content (AvgIpc) is 2.83. The van der Waals surface area contributed by atoms with Crippen LogP contribution >= 0.6 is 0 Å². The van der Waals surface area contributed by atoms with Crippen molar-refractivity contribution in [2.75, 3.05) is 12.4 Å². The minimum atomic E-state index is -0.773. The Morgan fingerprint density at radius 2 is 1.88 bits per heavy atom. The van der Waals surface area contributed by atoms with E-state index in [0.717, 1.165) is 4.90 Å². The Morgan fingerprint density at radius 1 is 1.17 bits per heavy atom. The van der Waals surface area contributed by atoms with Gasteiger partial charge in [0.1, 0.15) is 11.9 Å². The number of benzene rings is 2. The molecule has 1 heterocycles. The van der Waals surface area contributed by atoms with E-state index in [-0.39, 0.29) is 5.91 Å². The second kappa shape index (κ2) is 6.11. The second-order valence-corrected chi connectivity index (χ2v) is 5.37. The molecule has 1 fully saturated rings. The molecule has 1 aliphatic rings. The topological polar surface area (TPSA) is 78.5 Å². The molecule has 0 aliphatic carbocycles. The summed E-state index contributed by atoms with van der Waals surface area (Å²) in [7, 11) is 1.40. The van der Waals surface area contributed by atoms with Crippen molar-refractivity contribution in [2.45, 2.75) is 6.04 Å². The fourth-order valence-corrected chi connectivity index (χ4v) is 2.40. The van der Waals surface area contributed by atoms with Gasteiger partial charge < -0.3 is 10.6 Å². The minimum Gasteiger partial charge on any atom is -0.322 e. The average molecular weight is 327 g/mol. The van der Waals surface area contributed by atoms with Crippen LogP contribution in [-0.2, 0) is 4.79 Å².